The van der Waals surface area contributed by atoms with Crippen LogP contribution < -0.4 is 0 Å². The molecule has 0 aliphatic carbocycles. The third kappa shape index (κ3) is 2.05. The first-order valence-electron chi connectivity index (χ1n) is 4.01. The molecule has 0 amide bonds. The number of nitrogens with zero attached hydrogens (tertiary/aromatic N) is 1. The fourth-order valence-corrected chi connectivity index (χ4v) is 0.934. The smallest absolute Gasteiger partial charge is 0.101 e. The lowest BCUT2D eigenvalue weighted by Crippen LogP contribution is -2.17. The van der Waals surface area contributed by atoms with E-state index in [0.717, 1.165) is 12.0 Å². The van der Waals surface area contributed by atoms with Crippen LogP contribution in [0, 0.1) is 6.92 Å². The van der Waals surface area contributed by atoms with Gasteiger partial charge in [0.2, 0.25) is 0 Å². The van der Waals surface area contributed by atoms with Crippen molar-refractivity contribution in [1.29, 1.82) is 0 Å². The maximum Gasteiger partial charge on any atom is 0.101 e. The van der Waals surface area contributed by atoms with Crippen LogP contribution >= 0.6 is 0 Å². The maximum absolute atomic E-state index is 9.57. The van der Waals surface area contributed by atoms with Crippen molar-refractivity contribution in [2.45, 2.75) is 25.9 Å². The van der Waals surface area contributed by atoms with E-state index in [0.29, 0.717) is 5.69 Å². The molecule has 0 aliphatic heterocycles. The summed E-state index contributed by atoms with van der Waals surface area (Å²) < 4.78 is 0. The Labute approximate surface area is 73.3 Å². The maximum atomic E-state index is 9.57. The average molecular weight is 164 g/mol. The highest BCUT2D eigenvalue weighted by Gasteiger charge is 2.16. The van der Waals surface area contributed by atoms with E-state index in [-0.39, 0.29) is 0 Å². The molecule has 0 saturated heterocycles. The van der Waals surface area contributed by atoms with Crippen molar-refractivity contribution in [2.75, 3.05) is 0 Å². The Kier molecular flexibility index (Phi) is 2.48. The lowest BCUT2D eigenvalue weighted by molar-refractivity contribution is 0.0738. The highest BCUT2D eigenvalue weighted by atomic mass is 16.3. The Hall–Kier alpha value is -0.890. The summed E-state index contributed by atoms with van der Waals surface area (Å²) in [5.74, 6) is 0. The topological polar surface area (TPSA) is 33.1 Å². The van der Waals surface area contributed by atoms with Crippen LogP contribution in [0.3, 0.4) is 0 Å². The van der Waals surface area contributed by atoms with Gasteiger partial charge in [-0.05, 0) is 38.8 Å². The van der Waals surface area contributed by atoms with Crippen LogP contribution in [0.15, 0.2) is 18.3 Å². The minimum Gasteiger partial charge on any atom is -0.384 e. The van der Waals surface area contributed by atoms with E-state index >= 15 is 0 Å². The second-order valence-electron chi connectivity index (χ2n) is 3.36. The summed E-state index contributed by atoms with van der Waals surface area (Å²) in [5.41, 5.74) is 0.933. The molecule has 1 N–H and O–H groups in total. The Balaban J connectivity index is 2.93. The molecule has 0 spiro atoms. The van der Waals surface area contributed by atoms with Crippen molar-refractivity contribution >= 4 is 0 Å². The summed E-state index contributed by atoms with van der Waals surface area (Å²) in [4.78, 5) is 4.13. The van der Waals surface area contributed by atoms with Crippen molar-refractivity contribution in [2.24, 2.45) is 0 Å². The molecule has 0 aromatic carbocycles. The molecule has 1 heterocycles. The highest BCUT2D eigenvalue weighted by molar-refractivity contribution is 5.17. The first-order chi connectivity index (χ1) is 5.54. The fourth-order valence-electron chi connectivity index (χ4n) is 0.934. The van der Waals surface area contributed by atoms with Crippen LogP contribution in [0.5, 0.6) is 0 Å². The first-order valence-corrected chi connectivity index (χ1v) is 4.01. The lowest BCUT2D eigenvalue weighted by Gasteiger charge is -2.16. The summed E-state index contributed by atoms with van der Waals surface area (Å²) >= 11 is 0. The van der Waals surface area contributed by atoms with Gasteiger partial charge in [0.25, 0.3) is 0 Å². The zero-order valence-corrected chi connectivity index (χ0v) is 7.54. The third-order valence-electron chi connectivity index (χ3n) is 1.74. The van der Waals surface area contributed by atoms with E-state index in [1.54, 1.807) is 20.0 Å². The van der Waals surface area contributed by atoms with E-state index in [2.05, 4.69) is 11.9 Å². The van der Waals surface area contributed by atoms with E-state index in [1.165, 1.54) is 0 Å². The predicted molar refractivity (Wildman–Crippen MR) is 48.5 cm³/mol. The van der Waals surface area contributed by atoms with Gasteiger partial charge in [-0.1, -0.05) is 6.07 Å². The van der Waals surface area contributed by atoms with Crippen molar-refractivity contribution in [3.8, 4) is 0 Å². The minimum atomic E-state index is -0.848. The molecule has 65 valence electrons. The second kappa shape index (κ2) is 3.23. The number of aromatic nitrogens is 1. The average Bonchev–Trinajstić information content (AvgIpc) is 2.03. The highest BCUT2D eigenvalue weighted by Crippen LogP contribution is 2.16. The summed E-state index contributed by atoms with van der Waals surface area (Å²) in [6.45, 7) is 7.19. The standard InChI is InChI=1S/C10H14NO/c1-4-8-5-6-9(11-7-8)10(2,3)12/h5-7,12H,1,4H2,2-3H3. The Bertz CT molecular complexity index is 246. The molecular formula is C10H14NO. The normalized spacial score (nSPS) is 11.7. The van der Waals surface area contributed by atoms with Gasteiger partial charge in [-0.2, -0.15) is 0 Å². The minimum absolute atomic E-state index is 0.694. The largest absolute Gasteiger partial charge is 0.384 e. The second-order valence-corrected chi connectivity index (χ2v) is 3.36. The SMILES string of the molecule is [CH2]Cc1ccc(C(C)(C)O)nc1. The molecule has 2 heteroatoms. The molecular weight excluding hydrogens is 150 g/mol. The molecule has 0 aliphatic rings. The van der Waals surface area contributed by atoms with Crippen LogP contribution in [0.1, 0.15) is 25.1 Å². The molecule has 2 nitrogen and oxygen atoms in total. The Morgan fingerprint density at radius 2 is 2.17 bits per heavy atom. The predicted octanol–water partition coefficient (Wildman–Crippen LogP) is 1.69. The monoisotopic (exact) mass is 164 g/mol. The van der Waals surface area contributed by atoms with Gasteiger partial charge in [0.15, 0.2) is 0 Å². The van der Waals surface area contributed by atoms with Gasteiger partial charge in [-0.25, -0.2) is 0 Å². The molecule has 0 unspecified atom stereocenters. The van der Waals surface area contributed by atoms with Gasteiger partial charge < -0.3 is 5.11 Å². The summed E-state index contributed by atoms with van der Waals surface area (Å²) in [5, 5.41) is 9.57. The number of hydrogen-bond donors (Lipinski definition) is 1. The van der Waals surface area contributed by atoms with Crippen LogP contribution in [-0.4, -0.2) is 10.1 Å². The van der Waals surface area contributed by atoms with Gasteiger partial charge in [0.05, 0.1) is 5.69 Å². The van der Waals surface area contributed by atoms with Gasteiger partial charge in [-0.3, -0.25) is 4.98 Å². The van der Waals surface area contributed by atoms with Gasteiger partial charge in [0.1, 0.15) is 5.60 Å². The number of rotatable bonds is 2. The van der Waals surface area contributed by atoms with E-state index < -0.39 is 5.60 Å². The number of pyridine rings is 1. The number of aliphatic hydroxyl groups is 1. The molecule has 1 radical (unpaired) electrons. The summed E-state index contributed by atoms with van der Waals surface area (Å²) in [7, 11) is 0. The van der Waals surface area contributed by atoms with Crippen molar-refractivity contribution < 1.29 is 5.11 Å². The molecule has 0 fully saturated rings. The van der Waals surface area contributed by atoms with Crippen molar-refractivity contribution in [3.05, 3.63) is 36.5 Å². The van der Waals surface area contributed by atoms with Crippen molar-refractivity contribution in [1.82, 2.24) is 4.98 Å². The summed E-state index contributed by atoms with van der Waals surface area (Å²) in [6.07, 6.45) is 2.49. The van der Waals surface area contributed by atoms with Crippen LogP contribution in [0.4, 0.5) is 0 Å². The van der Waals surface area contributed by atoms with E-state index in [4.69, 9.17) is 0 Å². The molecule has 1 aromatic heterocycles. The van der Waals surface area contributed by atoms with Gasteiger partial charge in [0, 0.05) is 6.20 Å². The molecule has 12 heavy (non-hydrogen) atoms. The third-order valence-corrected chi connectivity index (χ3v) is 1.74. The lowest BCUT2D eigenvalue weighted by atomic mass is 10.0. The Morgan fingerprint density at radius 3 is 2.50 bits per heavy atom. The molecule has 0 saturated carbocycles. The van der Waals surface area contributed by atoms with E-state index in [1.807, 2.05) is 12.1 Å². The molecule has 1 rings (SSSR count). The van der Waals surface area contributed by atoms with Crippen LogP contribution in [-0.2, 0) is 12.0 Å². The van der Waals surface area contributed by atoms with Crippen molar-refractivity contribution in [3.63, 3.8) is 0 Å². The first kappa shape index (κ1) is 9.20. The number of hydrogen-bond acceptors (Lipinski definition) is 2. The molecule has 1 aromatic rings. The zero-order valence-electron chi connectivity index (χ0n) is 7.54. The zero-order chi connectivity index (χ0) is 9.19. The van der Waals surface area contributed by atoms with Crippen LogP contribution in [0.2, 0.25) is 0 Å². The quantitative estimate of drug-likeness (QED) is 0.721. The van der Waals surface area contributed by atoms with Crippen LogP contribution in [0.25, 0.3) is 0 Å². The Morgan fingerprint density at radius 1 is 1.50 bits per heavy atom. The fraction of sp³-hybridized carbons (Fsp3) is 0.400. The van der Waals surface area contributed by atoms with Gasteiger partial charge >= 0.3 is 0 Å². The van der Waals surface area contributed by atoms with Gasteiger partial charge in [-0.15, -0.1) is 0 Å². The van der Waals surface area contributed by atoms with E-state index in [9.17, 15) is 5.11 Å². The molecule has 0 atom stereocenters. The summed E-state index contributed by atoms with van der Waals surface area (Å²) in [6, 6.07) is 3.77. The molecule has 0 bridgehead atoms.